The maximum atomic E-state index is 3.59. The van der Waals surface area contributed by atoms with Crippen LogP contribution in [-0.4, -0.2) is 37.1 Å². The van der Waals surface area contributed by atoms with E-state index in [2.05, 4.69) is 24.2 Å². The molecule has 2 nitrogen and oxygen atoms in total. The molecule has 88 valence electrons. The third-order valence-corrected chi connectivity index (χ3v) is 4.45. The van der Waals surface area contributed by atoms with E-state index in [1.54, 1.807) is 0 Å². The lowest BCUT2D eigenvalue weighted by atomic mass is 9.98. The summed E-state index contributed by atoms with van der Waals surface area (Å²) in [5.74, 6) is 0.969. The van der Waals surface area contributed by atoms with E-state index >= 15 is 0 Å². The minimum Gasteiger partial charge on any atom is -0.313 e. The van der Waals surface area contributed by atoms with E-state index in [-0.39, 0.29) is 0 Å². The molecule has 0 aromatic carbocycles. The molecule has 2 aliphatic rings. The lowest BCUT2D eigenvalue weighted by Crippen LogP contribution is -2.42. The van der Waals surface area contributed by atoms with Crippen LogP contribution in [0.2, 0.25) is 0 Å². The molecule has 15 heavy (non-hydrogen) atoms. The average Bonchev–Trinajstić information content (AvgIpc) is 2.88. The van der Waals surface area contributed by atoms with Gasteiger partial charge < -0.3 is 10.2 Å². The highest BCUT2D eigenvalue weighted by molar-refractivity contribution is 4.82. The zero-order valence-corrected chi connectivity index (χ0v) is 10.3. The third-order valence-electron chi connectivity index (χ3n) is 4.45. The van der Waals surface area contributed by atoms with Crippen molar-refractivity contribution in [3.63, 3.8) is 0 Å². The number of rotatable bonds is 4. The summed E-state index contributed by atoms with van der Waals surface area (Å²) in [4.78, 5) is 2.58. The van der Waals surface area contributed by atoms with Gasteiger partial charge in [0, 0.05) is 18.6 Å². The molecule has 0 spiro atoms. The molecule has 2 fully saturated rings. The van der Waals surface area contributed by atoms with Crippen LogP contribution < -0.4 is 5.32 Å². The van der Waals surface area contributed by atoms with E-state index in [1.165, 1.54) is 51.6 Å². The molecule has 2 heteroatoms. The van der Waals surface area contributed by atoms with Crippen LogP contribution in [0.25, 0.3) is 0 Å². The van der Waals surface area contributed by atoms with Gasteiger partial charge in [-0.25, -0.2) is 0 Å². The van der Waals surface area contributed by atoms with Gasteiger partial charge in [0.2, 0.25) is 0 Å². The Morgan fingerprint density at radius 2 is 1.93 bits per heavy atom. The fourth-order valence-electron chi connectivity index (χ4n) is 3.23. The van der Waals surface area contributed by atoms with E-state index < -0.39 is 0 Å². The largest absolute Gasteiger partial charge is 0.313 e. The molecule has 2 rings (SSSR count). The normalized spacial score (nSPS) is 30.2. The SMILES string of the molecule is CC(C1CCCC1)N(C)CC1CCCN1. The quantitative estimate of drug-likeness (QED) is 0.765. The molecule has 0 amide bonds. The van der Waals surface area contributed by atoms with E-state index in [0.29, 0.717) is 0 Å². The molecule has 1 aliphatic heterocycles. The van der Waals surface area contributed by atoms with Gasteiger partial charge in [-0.3, -0.25) is 0 Å². The Balaban J connectivity index is 1.75. The minimum atomic E-state index is 0.763. The highest BCUT2D eigenvalue weighted by atomic mass is 15.2. The lowest BCUT2D eigenvalue weighted by Gasteiger charge is -2.31. The topological polar surface area (TPSA) is 15.3 Å². The highest BCUT2D eigenvalue weighted by Gasteiger charge is 2.26. The monoisotopic (exact) mass is 210 g/mol. The van der Waals surface area contributed by atoms with Crippen LogP contribution in [0, 0.1) is 5.92 Å². The van der Waals surface area contributed by atoms with Crippen molar-refractivity contribution in [2.24, 2.45) is 5.92 Å². The molecule has 1 aliphatic carbocycles. The van der Waals surface area contributed by atoms with Crippen LogP contribution in [0.15, 0.2) is 0 Å². The second-order valence-corrected chi connectivity index (χ2v) is 5.52. The molecule has 1 N–H and O–H groups in total. The molecule has 0 radical (unpaired) electrons. The van der Waals surface area contributed by atoms with Crippen molar-refractivity contribution in [2.45, 2.75) is 57.5 Å². The Bertz CT molecular complexity index is 181. The molecular formula is C13H26N2. The Hall–Kier alpha value is -0.0800. The fraction of sp³-hybridized carbons (Fsp3) is 1.00. The first-order valence-electron chi connectivity index (χ1n) is 6.71. The first-order chi connectivity index (χ1) is 7.27. The van der Waals surface area contributed by atoms with Gasteiger partial charge in [-0.1, -0.05) is 12.8 Å². The summed E-state index contributed by atoms with van der Waals surface area (Å²) in [5, 5.41) is 3.59. The molecule has 1 saturated carbocycles. The van der Waals surface area contributed by atoms with Gasteiger partial charge in [-0.2, -0.15) is 0 Å². The van der Waals surface area contributed by atoms with Crippen LogP contribution in [0.5, 0.6) is 0 Å². The summed E-state index contributed by atoms with van der Waals surface area (Å²) in [7, 11) is 2.31. The van der Waals surface area contributed by atoms with Crippen LogP contribution in [0.1, 0.15) is 45.4 Å². The third kappa shape index (κ3) is 2.94. The Kier molecular flexibility index (Phi) is 4.04. The van der Waals surface area contributed by atoms with E-state index in [4.69, 9.17) is 0 Å². The van der Waals surface area contributed by atoms with Gasteiger partial charge in [-0.05, 0) is 52.1 Å². The van der Waals surface area contributed by atoms with Crippen molar-refractivity contribution in [2.75, 3.05) is 20.1 Å². The van der Waals surface area contributed by atoms with Crippen LogP contribution in [-0.2, 0) is 0 Å². The van der Waals surface area contributed by atoms with Gasteiger partial charge in [0.1, 0.15) is 0 Å². The van der Waals surface area contributed by atoms with Crippen LogP contribution >= 0.6 is 0 Å². The average molecular weight is 210 g/mol. The van der Waals surface area contributed by atoms with Crippen LogP contribution in [0.4, 0.5) is 0 Å². The van der Waals surface area contributed by atoms with Crippen molar-refractivity contribution in [3.05, 3.63) is 0 Å². The van der Waals surface area contributed by atoms with Gasteiger partial charge in [0.05, 0.1) is 0 Å². The predicted molar refractivity (Wildman–Crippen MR) is 65.1 cm³/mol. The zero-order valence-electron chi connectivity index (χ0n) is 10.3. The molecule has 1 heterocycles. The van der Waals surface area contributed by atoms with E-state index in [0.717, 1.165) is 18.0 Å². The van der Waals surface area contributed by atoms with E-state index in [1.807, 2.05) is 0 Å². The summed E-state index contributed by atoms with van der Waals surface area (Å²) >= 11 is 0. The number of hydrogen-bond acceptors (Lipinski definition) is 2. The maximum absolute atomic E-state index is 3.59. The standard InChI is InChI=1S/C13H26N2/c1-11(12-6-3-4-7-12)15(2)10-13-8-5-9-14-13/h11-14H,3-10H2,1-2H3. The van der Waals surface area contributed by atoms with Crippen molar-refractivity contribution < 1.29 is 0 Å². The Labute approximate surface area is 94.4 Å². The van der Waals surface area contributed by atoms with Gasteiger partial charge >= 0.3 is 0 Å². The molecule has 2 unspecified atom stereocenters. The number of likely N-dealkylation sites (N-methyl/N-ethyl adjacent to an activating group) is 1. The van der Waals surface area contributed by atoms with Crippen molar-refractivity contribution >= 4 is 0 Å². The zero-order chi connectivity index (χ0) is 10.7. The molecule has 0 aromatic heterocycles. The summed E-state index contributed by atoms with van der Waals surface area (Å²) in [6.45, 7) is 4.90. The Morgan fingerprint density at radius 3 is 2.53 bits per heavy atom. The van der Waals surface area contributed by atoms with Crippen molar-refractivity contribution in [1.29, 1.82) is 0 Å². The molecule has 2 atom stereocenters. The lowest BCUT2D eigenvalue weighted by molar-refractivity contribution is 0.178. The number of nitrogens with zero attached hydrogens (tertiary/aromatic N) is 1. The van der Waals surface area contributed by atoms with Crippen LogP contribution in [0.3, 0.4) is 0 Å². The number of hydrogen-bond donors (Lipinski definition) is 1. The number of nitrogens with one attached hydrogen (secondary N) is 1. The first kappa shape index (κ1) is 11.4. The predicted octanol–water partition coefficient (Wildman–Crippen LogP) is 2.25. The molecule has 0 bridgehead atoms. The van der Waals surface area contributed by atoms with Gasteiger partial charge in [-0.15, -0.1) is 0 Å². The fourth-order valence-corrected chi connectivity index (χ4v) is 3.23. The van der Waals surface area contributed by atoms with Gasteiger partial charge in [0.15, 0.2) is 0 Å². The summed E-state index contributed by atoms with van der Waals surface area (Å²) < 4.78 is 0. The highest BCUT2D eigenvalue weighted by Crippen LogP contribution is 2.29. The summed E-state index contributed by atoms with van der Waals surface area (Å²) in [6, 6.07) is 1.55. The first-order valence-corrected chi connectivity index (χ1v) is 6.71. The second-order valence-electron chi connectivity index (χ2n) is 5.52. The van der Waals surface area contributed by atoms with Crippen molar-refractivity contribution in [3.8, 4) is 0 Å². The van der Waals surface area contributed by atoms with Gasteiger partial charge in [0.25, 0.3) is 0 Å². The second kappa shape index (κ2) is 5.31. The van der Waals surface area contributed by atoms with Crippen molar-refractivity contribution in [1.82, 2.24) is 10.2 Å². The Morgan fingerprint density at radius 1 is 1.20 bits per heavy atom. The smallest absolute Gasteiger partial charge is 0.0195 e. The summed E-state index contributed by atoms with van der Waals surface area (Å²) in [6.07, 6.45) is 8.60. The summed E-state index contributed by atoms with van der Waals surface area (Å²) in [5.41, 5.74) is 0. The maximum Gasteiger partial charge on any atom is 0.0195 e. The minimum absolute atomic E-state index is 0.763. The molecular weight excluding hydrogens is 184 g/mol. The molecule has 0 aromatic rings. The van der Waals surface area contributed by atoms with E-state index in [9.17, 15) is 0 Å². The molecule has 1 saturated heterocycles.